The number of benzene rings is 1. The van der Waals surface area contributed by atoms with E-state index in [1.165, 1.54) is 6.07 Å². The van der Waals surface area contributed by atoms with Crippen molar-refractivity contribution in [2.45, 2.75) is 39.3 Å². The average molecular weight is 269 g/mol. The minimum absolute atomic E-state index is 0.312. The van der Waals surface area contributed by atoms with Crippen LogP contribution in [-0.2, 0) is 5.41 Å². The van der Waals surface area contributed by atoms with Crippen LogP contribution in [0.5, 0.6) is 5.75 Å². The van der Waals surface area contributed by atoms with Gasteiger partial charge in [-0.3, -0.25) is 0 Å². The minimum Gasteiger partial charge on any atom is -0.542 e. The Bertz CT molecular complexity index is 464. The number of rotatable bonds is 3. The Kier molecular flexibility index (Phi) is 4.16. The van der Waals surface area contributed by atoms with E-state index in [2.05, 4.69) is 0 Å². The van der Waals surface area contributed by atoms with Crippen LogP contribution in [0.25, 0.3) is 0 Å². The van der Waals surface area contributed by atoms with Crippen molar-refractivity contribution in [2.24, 2.45) is 0 Å². The first kappa shape index (κ1) is 14.7. The summed E-state index contributed by atoms with van der Waals surface area (Å²) in [7, 11) is -1.03. The first-order chi connectivity index (χ1) is 8.14. The lowest BCUT2D eigenvalue weighted by Gasteiger charge is -2.25. The molecule has 5 heteroatoms. The van der Waals surface area contributed by atoms with E-state index in [4.69, 9.17) is 9.53 Å². The Labute approximate surface area is 108 Å². The Morgan fingerprint density at radius 3 is 2.28 bits per heavy atom. The summed E-state index contributed by atoms with van der Waals surface area (Å²) >= 11 is 0. The van der Waals surface area contributed by atoms with E-state index >= 15 is 0 Å². The first-order valence-electron chi connectivity index (χ1n) is 5.69. The van der Waals surface area contributed by atoms with Gasteiger partial charge in [-0.2, -0.15) is 0 Å². The van der Waals surface area contributed by atoms with Crippen LogP contribution in [0, 0.1) is 5.82 Å². The molecule has 0 aromatic heterocycles. The van der Waals surface area contributed by atoms with Crippen LogP contribution >= 0.6 is 0 Å². The molecule has 1 radical (unpaired) electrons. The van der Waals surface area contributed by atoms with Crippen molar-refractivity contribution < 1.29 is 18.7 Å². The predicted octanol–water partition coefficient (Wildman–Crippen LogP) is 3.45. The molecule has 1 aromatic rings. The smallest absolute Gasteiger partial charge is 0.338 e. The summed E-state index contributed by atoms with van der Waals surface area (Å²) in [6.45, 7) is 9.39. The molecule has 0 saturated carbocycles. The minimum atomic E-state index is -1.26. The van der Waals surface area contributed by atoms with Gasteiger partial charge in [0, 0.05) is 5.56 Å². The summed E-state index contributed by atoms with van der Waals surface area (Å²) in [4.78, 5) is 11.0. The highest BCUT2D eigenvalue weighted by Gasteiger charge is 2.27. The Balaban J connectivity index is 3.47. The molecule has 0 amide bonds. The van der Waals surface area contributed by atoms with Crippen LogP contribution in [0.4, 0.5) is 4.39 Å². The number of hydrogen-bond acceptors (Lipinski definition) is 2. The predicted molar refractivity (Wildman–Crippen MR) is 70.2 cm³/mol. The number of hydrogen-bond donors (Lipinski definition) is 1. The van der Waals surface area contributed by atoms with E-state index in [0.717, 1.165) is 0 Å². The fourth-order valence-corrected chi connectivity index (χ4v) is 2.34. The molecular formula is C13H18FO3Si. The van der Waals surface area contributed by atoms with E-state index in [9.17, 15) is 9.18 Å². The normalized spacial score (nSPS) is 11.7. The zero-order valence-electron chi connectivity index (χ0n) is 11.3. The van der Waals surface area contributed by atoms with Crippen LogP contribution in [0.1, 0.15) is 36.7 Å². The van der Waals surface area contributed by atoms with Crippen LogP contribution in [0.15, 0.2) is 12.1 Å². The highest BCUT2D eigenvalue weighted by molar-refractivity contribution is 6.49. The van der Waals surface area contributed by atoms with Crippen molar-refractivity contribution in [2.75, 3.05) is 0 Å². The number of carbonyl (C=O) groups is 1. The monoisotopic (exact) mass is 269 g/mol. The molecular weight excluding hydrogens is 251 g/mol. The summed E-state index contributed by atoms with van der Waals surface area (Å²) in [5, 5.41) is 8.95. The summed E-state index contributed by atoms with van der Waals surface area (Å²) in [6.07, 6.45) is 0. The molecule has 3 nitrogen and oxygen atoms in total. The Morgan fingerprint density at radius 2 is 1.89 bits per heavy atom. The molecule has 1 rings (SSSR count). The van der Waals surface area contributed by atoms with Gasteiger partial charge in [-0.1, -0.05) is 20.8 Å². The zero-order chi connectivity index (χ0) is 14.1. The van der Waals surface area contributed by atoms with Gasteiger partial charge in [0.05, 0.1) is 5.56 Å². The third kappa shape index (κ3) is 3.10. The van der Waals surface area contributed by atoms with Gasteiger partial charge in [0.25, 0.3) is 9.04 Å². The molecule has 1 aromatic carbocycles. The van der Waals surface area contributed by atoms with Crippen molar-refractivity contribution in [3.63, 3.8) is 0 Å². The SMILES string of the molecule is C[Si](C)Oc1ccc(C(=O)O)c(F)c1C(C)(C)C. The Morgan fingerprint density at radius 1 is 1.33 bits per heavy atom. The van der Waals surface area contributed by atoms with Crippen molar-refractivity contribution >= 4 is 15.0 Å². The molecule has 0 spiro atoms. The molecule has 0 atom stereocenters. The molecule has 0 bridgehead atoms. The van der Waals surface area contributed by atoms with Crippen LogP contribution in [0.3, 0.4) is 0 Å². The van der Waals surface area contributed by atoms with Gasteiger partial charge in [0.1, 0.15) is 11.6 Å². The van der Waals surface area contributed by atoms with Crippen molar-refractivity contribution in [1.29, 1.82) is 0 Å². The standard InChI is InChI=1S/C13H18FO3Si/c1-13(2,3)10-9(17-18(4)5)7-6-8(11(10)14)12(15)16/h6-7H,1-5H3,(H,15,16). The molecule has 0 saturated heterocycles. The van der Waals surface area contributed by atoms with Crippen LogP contribution in [0.2, 0.25) is 13.1 Å². The summed E-state index contributed by atoms with van der Waals surface area (Å²) in [5.41, 5.74) is -0.496. The largest absolute Gasteiger partial charge is 0.542 e. The van der Waals surface area contributed by atoms with Gasteiger partial charge >= 0.3 is 5.97 Å². The van der Waals surface area contributed by atoms with E-state index in [1.807, 2.05) is 33.9 Å². The quantitative estimate of drug-likeness (QED) is 0.855. The maximum atomic E-state index is 14.3. The lowest BCUT2D eigenvalue weighted by molar-refractivity contribution is 0.0691. The maximum absolute atomic E-state index is 14.3. The molecule has 1 N–H and O–H groups in total. The molecule has 18 heavy (non-hydrogen) atoms. The second kappa shape index (κ2) is 5.10. The molecule has 0 fully saturated rings. The van der Waals surface area contributed by atoms with Gasteiger partial charge in [0.2, 0.25) is 0 Å². The second-order valence-corrected chi connectivity index (χ2v) is 7.39. The van der Waals surface area contributed by atoms with Crippen LogP contribution < -0.4 is 4.43 Å². The summed E-state index contributed by atoms with van der Waals surface area (Å²) < 4.78 is 19.9. The van der Waals surface area contributed by atoms with Gasteiger partial charge in [-0.15, -0.1) is 0 Å². The van der Waals surface area contributed by atoms with Crippen molar-refractivity contribution in [3.05, 3.63) is 29.1 Å². The van der Waals surface area contributed by atoms with Crippen molar-refractivity contribution in [3.8, 4) is 5.75 Å². The highest BCUT2D eigenvalue weighted by atomic mass is 28.3. The third-order valence-electron chi connectivity index (χ3n) is 2.40. The lowest BCUT2D eigenvalue weighted by Crippen LogP contribution is -2.21. The first-order valence-corrected chi connectivity index (χ1v) is 8.09. The van der Waals surface area contributed by atoms with Gasteiger partial charge < -0.3 is 9.53 Å². The van der Waals surface area contributed by atoms with E-state index in [0.29, 0.717) is 11.3 Å². The molecule has 0 heterocycles. The number of halogens is 1. The number of aromatic carboxylic acids is 1. The molecule has 99 valence electrons. The third-order valence-corrected chi connectivity index (χ3v) is 3.03. The topological polar surface area (TPSA) is 46.5 Å². The second-order valence-electron chi connectivity index (χ2n) is 5.37. The molecule has 0 unspecified atom stereocenters. The lowest BCUT2D eigenvalue weighted by atomic mass is 9.85. The van der Waals surface area contributed by atoms with Crippen LogP contribution in [-0.4, -0.2) is 20.1 Å². The van der Waals surface area contributed by atoms with Gasteiger partial charge in [-0.25, -0.2) is 9.18 Å². The zero-order valence-corrected chi connectivity index (χ0v) is 12.3. The molecule has 0 aliphatic rings. The molecule has 0 aliphatic carbocycles. The average Bonchev–Trinajstić information content (AvgIpc) is 2.13. The van der Waals surface area contributed by atoms with E-state index < -0.39 is 26.2 Å². The van der Waals surface area contributed by atoms with E-state index in [1.54, 1.807) is 6.07 Å². The fraction of sp³-hybridized carbons (Fsp3) is 0.462. The van der Waals surface area contributed by atoms with E-state index in [-0.39, 0.29) is 5.56 Å². The maximum Gasteiger partial charge on any atom is 0.338 e. The van der Waals surface area contributed by atoms with Crippen molar-refractivity contribution in [1.82, 2.24) is 0 Å². The number of carboxylic acids is 1. The summed E-state index contributed by atoms with van der Waals surface area (Å²) in [6, 6.07) is 2.80. The molecule has 0 aliphatic heterocycles. The summed E-state index contributed by atoms with van der Waals surface area (Å²) in [5.74, 6) is -1.51. The van der Waals surface area contributed by atoms with Gasteiger partial charge in [0.15, 0.2) is 0 Å². The Hall–Kier alpha value is -1.36. The number of carboxylic acid groups (broad SMARTS) is 1. The highest BCUT2D eigenvalue weighted by Crippen LogP contribution is 2.35. The van der Waals surface area contributed by atoms with Gasteiger partial charge in [-0.05, 0) is 30.6 Å². The fourth-order valence-electron chi connectivity index (χ4n) is 1.73.